The van der Waals surface area contributed by atoms with Crippen LogP contribution < -0.4 is 4.74 Å². The minimum absolute atomic E-state index is 0.271. The first-order valence-electron chi connectivity index (χ1n) is 7.39. The summed E-state index contributed by atoms with van der Waals surface area (Å²) in [6, 6.07) is 22.3. The average Bonchev–Trinajstić information content (AvgIpc) is 3.05. The zero-order valence-corrected chi connectivity index (χ0v) is 12.3. The fraction of sp³-hybridized carbons (Fsp3) is 0. The highest BCUT2D eigenvalue weighted by molar-refractivity contribution is 5.85. The van der Waals surface area contributed by atoms with Gasteiger partial charge in [-0.25, -0.2) is 4.39 Å². The van der Waals surface area contributed by atoms with Crippen LogP contribution in [-0.2, 0) is 0 Å². The molecule has 0 radical (unpaired) electrons. The summed E-state index contributed by atoms with van der Waals surface area (Å²) in [5.41, 5.74) is 3.41. The first kappa shape index (κ1) is 13.6. The maximum atomic E-state index is 12.9. The van der Waals surface area contributed by atoms with Crippen LogP contribution in [0.15, 0.2) is 79.0 Å². The summed E-state index contributed by atoms with van der Waals surface area (Å²) in [5, 5.41) is 1.19. The summed E-state index contributed by atoms with van der Waals surface area (Å²) in [6.45, 7) is 0. The summed E-state index contributed by atoms with van der Waals surface area (Å²) in [4.78, 5) is 3.19. The Morgan fingerprint density at radius 1 is 0.696 bits per heavy atom. The van der Waals surface area contributed by atoms with Gasteiger partial charge in [-0.05, 0) is 71.1 Å². The normalized spacial score (nSPS) is 10.8. The van der Waals surface area contributed by atoms with Crippen molar-refractivity contribution in [2.24, 2.45) is 0 Å². The summed E-state index contributed by atoms with van der Waals surface area (Å²) >= 11 is 0. The molecule has 2 nitrogen and oxygen atoms in total. The molecule has 0 unspecified atom stereocenters. The van der Waals surface area contributed by atoms with E-state index < -0.39 is 0 Å². The van der Waals surface area contributed by atoms with Gasteiger partial charge in [0.1, 0.15) is 17.3 Å². The van der Waals surface area contributed by atoms with Crippen molar-refractivity contribution in [3.8, 4) is 22.6 Å². The van der Waals surface area contributed by atoms with Crippen LogP contribution in [0.1, 0.15) is 0 Å². The Bertz CT molecular complexity index is 939. The molecule has 0 bridgehead atoms. The summed E-state index contributed by atoms with van der Waals surface area (Å²) in [7, 11) is 0. The molecule has 3 heteroatoms. The van der Waals surface area contributed by atoms with E-state index in [1.807, 2.05) is 30.5 Å². The third kappa shape index (κ3) is 2.81. The predicted molar refractivity (Wildman–Crippen MR) is 90.2 cm³/mol. The third-order valence-corrected chi connectivity index (χ3v) is 3.79. The van der Waals surface area contributed by atoms with Crippen molar-refractivity contribution in [2.75, 3.05) is 0 Å². The standard InChI is InChI=1S/C20H14FNO/c21-17-4-8-19(9-5-17)23-18-6-1-14(2-7-18)15-3-10-20-16(13-15)11-12-22-20/h1-13,22H. The third-order valence-electron chi connectivity index (χ3n) is 3.79. The van der Waals surface area contributed by atoms with Crippen molar-refractivity contribution >= 4 is 10.9 Å². The number of ether oxygens (including phenoxy) is 1. The van der Waals surface area contributed by atoms with Crippen molar-refractivity contribution in [2.45, 2.75) is 0 Å². The quantitative estimate of drug-likeness (QED) is 0.511. The second-order valence-electron chi connectivity index (χ2n) is 5.36. The lowest BCUT2D eigenvalue weighted by molar-refractivity contribution is 0.480. The van der Waals surface area contributed by atoms with E-state index in [1.54, 1.807) is 12.1 Å². The first-order chi connectivity index (χ1) is 11.3. The van der Waals surface area contributed by atoms with Gasteiger partial charge in [0.05, 0.1) is 0 Å². The fourth-order valence-corrected chi connectivity index (χ4v) is 2.59. The molecule has 0 atom stereocenters. The molecule has 1 aromatic heterocycles. The number of fused-ring (bicyclic) bond motifs is 1. The van der Waals surface area contributed by atoms with Gasteiger partial charge in [-0.15, -0.1) is 0 Å². The molecular weight excluding hydrogens is 289 g/mol. The number of H-pyrrole nitrogens is 1. The van der Waals surface area contributed by atoms with E-state index in [0.717, 1.165) is 22.4 Å². The summed E-state index contributed by atoms with van der Waals surface area (Å²) in [5.74, 6) is 1.07. The van der Waals surface area contributed by atoms with Crippen LogP contribution in [0.2, 0.25) is 0 Å². The molecule has 4 rings (SSSR count). The summed E-state index contributed by atoms with van der Waals surface area (Å²) in [6.07, 6.45) is 1.94. The molecular formula is C20H14FNO. The Labute approximate surface area is 133 Å². The number of benzene rings is 3. The fourth-order valence-electron chi connectivity index (χ4n) is 2.59. The molecule has 23 heavy (non-hydrogen) atoms. The van der Waals surface area contributed by atoms with Crippen LogP contribution in [0, 0.1) is 5.82 Å². The van der Waals surface area contributed by atoms with E-state index in [1.165, 1.54) is 17.5 Å². The molecule has 0 saturated carbocycles. The van der Waals surface area contributed by atoms with E-state index in [9.17, 15) is 4.39 Å². The van der Waals surface area contributed by atoms with Gasteiger partial charge >= 0.3 is 0 Å². The molecule has 0 saturated heterocycles. The molecule has 0 aliphatic rings. The van der Waals surface area contributed by atoms with Gasteiger partial charge in [-0.3, -0.25) is 0 Å². The van der Waals surface area contributed by atoms with E-state index in [-0.39, 0.29) is 5.82 Å². The lowest BCUT2D eigenvalue weighted by Gasteiger charge is -2.07. The number of halogens is 1. The van der Waals surface area contributed by atoms with Crippen LogP contribution in [-0.4, -0.2) is 4.98 Å². The van der Waals surface area contributed by atoms with E-state index in [2.05, 4.69) is 29.2 Å². The van der Waals surface area contributed by atoms with Gasteiger partial charge in [0, 0.05) is 11.7 Å². The zero-order valence-electron chi connectivity index (χ0n) is 12.3. The minimum Gasteiger partial charge on any atom is -0.457 e. The van der Waals surface area contributed by atoms with Crippen LogP contribution in [0.4, 0.5) is 4.39 Å². The van der Waals surface area contributed by atoms with Crippen LogP contribution in [0.25, 0.3) is 22.0 Å². The van der Waals surface area contributed by atoms with Crippen LogP contribution in [0.5, 0.6) is 11.5 Å². The number of aromatic amines is 1. The Hall–Kier alpha value is -3.07. The van der Waals surface area contributed by atoms with E-state index >= 15 is 0 Å². The van der Waals surface area contributed by atoms with Gasteiger partial charge in [-0.1, -0.05) is 18.2 Å². The first-order valence-corrected chi connectivity index (χ1v) is 7.39. The van der Waals surface area contributed by atoms with Crippen molar-refractivity contribution in [3.05, 3.63) is 84.8 Å². The number of rotatable bonds is 3. The highest BCUT2D eigenvalue weighted by atomic mass is 19.1. The smallest absolute Gasteiger partial charge is 0.127 e. The monoisotopic (exact) mass is 303 g/mol. The second kappa shape index (κ2) is 5.61. The molecule has 1 heterocycles. The largest absolute Gasteiger partial charge is 0.457 e. The Kier molecular flexibility index (Phi) is 3.31. The van der Waals surface area contributed by atoms with Gasteiger partial charge < -0.3 is 9.72 Å². The molecule has 3 aromatic carbocycles. The predicted octanol–water partition coefficient (Wildman–Crippen LogP) is 5.77. The molecule has 112 valence electrons. The van der Waals surface area contributed by atoms with Crippen LogP contribution in [0.3, 0.4) is 0 Å². The van der Waals surface area contributed by atoms with Crippen molar-refractivity contribution in [3.63, 3.8) is 0 Å². The molecule has 0 aliphatic carbocycles. The van der Waals surface area contributed by atoms with Crippen molar-refractivity contribution in [1.29, 1.82) is 0 Å². The Morgan fingerprint density at radius 3 is 2.09 bits per heavy atom. The van der Waals surface area contributed by atoms with Gasteiger partial charge in [0.25, 0.3) is 0 Å². The SMILES string of the molecule is Fc1ccc(Oc2ccc(-c3ccc4[nH]ccc4c3)cc2)cc1. The number of aromatic nitrogens is 1. The number of hydrogen-bond donors (Lipinski definition) is 1. The summed E-state index contributed by atoms with van der Waals surface area (Å²) < 4.78 is 18.6. The molecule has 0 amide bonds. The van der Waals surface area contributed by atoms with E-state index in [0.29, 0.717) is 5.75 Å². The molecule has 0 aliphatic heterocycles. The zero-order chi connectivity index (χ0) is 15.6. The molecule has 4 aromatic rings. The second-order valence-corrected chi connectivity index (χ2v) is 5.36. The number of hydrogen-bond acceptors (Lipinski definition) is 1. The maximum absolute atomic E-state index is 12.9. The van der Waals surface area contributed by atoms with E-state index in [4.69, 9.17) is 4.74 Å². The van der Waals surface area contributed by atoms with Gasteiger partial charge in [0.15, 0.2) is 0 Å². The minimum atomic E-state index is -0.271. The van der Waals surface area contributed by atoms with Crippen molar-refractivity contribution in [1.82, 2.24) is 4.98 Å². The Balaban J connectivity index is 1.58. The highest BCUT2D eigenvalue weighted by Crippen LogP contribution is 2.27. The molecule has 1 N–H and O–H groups in total. The maximum Gasteiger partial charge on any atom is 0.127 e. The van der Waals surface area contributed by atoms with Crippen molar-refractivity contribution < 1.29 is 9.13 Å². The molecule has 0 spiro atoms. The van der Waals surface area contributed by atoms with Crippen LogP contribution >= 0.6 is 0 Å². The lowest BCUT2D eigenvalue weighted by atomic mass is 10.0. The lowest BCUT2D eigenvalue weighted by Crippen LogP contribution is -1.85. The van der Waals surface area contributed by atoms with Gasteiger partial charge in [0.2, 0.25) is 0 Å². The Morgan fingerprint density at radius 2 is 1.35 bits per heavy atom. The topological polar surface area (TPSA) is 25.0 Å². The highest BCUT2D eigenvalue weighted by Gasteiger charge is 2.02. The number of nitrogens with one attached hydrogen (secondary N) is 1. The van der Waals surface area contributed by atoms with Gasteiger partial charge in [-0.2, -0.15) is 0 Å². The molecule has 0 fully saturated rings. The average molecular weight is 303 g/mol.